The van der Waals surface area contributed by atoms with Crippen LogP contribution in [0.3, 0.4) is 0 Å². The summed E-state index contributed by atoms with van der Waals surface area (Å²) in [4.78, 5) is 4.00. The molecule has 1 nitrogen and oxygen atoms in total. The smallest absolute Gasteiger partial charge is 0.0626 e. The third kappa shape index (κ3) is 3.07. The molecule has 0 aliphatic rings. The minimum absolute atomic E-state index is 0.0140. The molecular formula is C15H16ClN. The standard InChI is InChI=1S/C15H16ClN/c1-11-3-4-13(9-12(11)2)10-15(16)14-5-7-17-8-6-14/h3-9,15H,10H2,1-2H3. The average Bonchev–Trinajstić information content (AvgIpc) is 2.35. The van der Waals surface area contributed by atoms with Crippen molar-refractivity contribution >= 4 is 11.6 Å². The van der Waals surface area contributed by atoms with Gasteiger partial charge in [-0.3, -0.25) is 4.98 Å². The summed E-state index contributed by atoms with van der Waals surface area (Å²) < 4.78 is 0. The minimum Gasteiger partial charge on any atom is -0.265 e. The largest absolute Gasteiger partial charge is 0.265 e. The number of benzene rings is 1. The Morgan fingerprint density at radius 1 is 1.06 bits per heavy atom. The molecule has 0 bridgehead atoms. The summed E-state index contributed by atoms with van der Waals surface area (Å²) in [6.45, 7) is 4.26. The van der Waals surface area contributed by atoms with Gasteiger partial charge in [0.25, 0.3) is 0 Å². The summed E-state index contributed by atoms with van der Waals surface area (Å²) in [5.74, 6) is 0. The SMILES string of the molecule is Cc1ccc(CC(Cl)c2ccncc2)cc1C. The van der Waals surface area contributed by atoms with Crippen molar-refractivity contribution in [3.63, 3.8) is 0 Å². The minimum atomic E-state index is 0.0140. The highest BCUT2D eigenvalue weighted by Gasteiger charge is 2.08. The van der Waals surface area contributed by atoms with E-state index in [4.69, 9.17) is 11.6 Å². The normalized spacial score (nSPS) is 12.4. The Labute approximate surface area is 107 Å². The summed E-state index contributed by atoms with van der Waals surface area (Å²) in [5, 5.41) is 0.0140. The van der Waals surface area contributed by atoms with Gasteiger partial charge >= 0.3 is 0 Å². The van der Waals surface area contributed by atoms with Crippen molar-refractivity contribution in [2.24, 2.45) is 0 Å². The van der Waals surface area contributed by atoms with Gasteiger partial charge in [-0.1, -0.05) is 18.2 Å². The lowest BCUT2D eigenvalue weighted by molar-refractivity contribution is 0.913. The number of aryl methyl sites for hydroxylation is 2. The first-order chi connectivity index (χ1) is 8.16. The summed E-state index contributed by atoms with van der Waals surface area (Å²) in [7, 11) is 0. The van der Waals surface area contributed by atoms with Gasteiger partial charge in [0.2, 0.25) is 0 Å². The third-order valence-corrected chi connectivity index (χ3v) is 3.46. The average molecular weight is 246 g/mol. The molecule has 1 aromatic carbocycles. The molecule has 0 fully saturated rings. The number of halogens is 1. The van der Waals surface area contributed by atoms with Crippen molar-refractivity contribution in [2.45, 2.75) is 25.6 Å². The zero-order valence-corrected chi connectivity index (χ0v) is 10.9. The lowest BCUT2D eigenvalue weighted by Crippen LogP contribution is -1.97. The molecule has 2 heteroatoms. The maximum absolute atomic E-state index is 6.41. The van der Waals surface area contributed by atoms with E-state index in [2.05, 4.69) is 37.0 Å². The molecule has 1 heterocycles. The lowest BCUT2D eigenvalue weighted by atomic mass is 10.0. The first-order valence-corrected chi connectivity index (χ1v) is 6.20. The van der Waals surface area contributed by atoms with Crippen LogP contribution in [0.5, 0.6) is 0 Å². The van der Waals surface area contributed by atoms with E-state index in [1.807, 2.05) is 12.1 Å². The van der Waals surface area contributed by atoms with E-state index in [1.165, 1.54) is 16.7 Å². The molecule has 0 amide bonds. The zero-order valence-electron chi connectivity index (χ0n) is 10.2. The Balaban J connectivity index is 2.13. The molecule has 1 unspecified atom stereocenters. The first-order valence-electron chi connectivity index (χ1n) is 5.77. The number of rotatable bonds is 3. The van der Waals surface area contributed by atoms with Crippen LogP contribution in [0.15, 0.2) is 42.7 Å². The van der Waals surface area contributed by atoms with E-state index in [-0.39, 0.29) is 5.38 Å². The van der Waals surface area contributed by atoms with Crippen molar-refractivity contribution in [3.8, 4) is 0 Å². The van der Waals surface area contributed by atoms with Gasteiger partial charge in [0, 0.05) is 12.4 Å². The molecule has 0 saturated heterocycles. The fourth-order valence-electron chi connectivity index (χ4n) is 1.83. The number of pyridine rings is 1. The Bertz CT molecular complexity index is 494. The van der Waals surface area contributed by atoms with Crippen LogP contribution < -0.4 is 0 Å². The number of alkyl halides is 1. The highest BCUT2D eigenvalue weighted by molar-refractivity contribution is 6.20. The van der Waals surface area contributed by atoms with E-state index >= 15 is 0 Å². The highest BCUT2D eigenvalue weighted by atomic mass is 35.5. The van der Waals surface area contributed by atoms with E-state index < -0.39 is 0 Å². The van der Waals surface area contributed by atoms with Crippen LogP contribution >= 0.6 is 11.6 Å². The van der Waals surface area contributed by atoms with Gasteiger partial charge in [0.1, 0.15) is 0 Å². The molecule has 1 atom stereocenters. The van der Waals surface area contributed by atoms with Crippen molar-refractivity contribution in [1.29, 1.82) is 0 Å². The van der Waals surface area contributed by atoms with Crippen LogP contribution in [0.25, 0.3) is 0 Å². The topological polar surface area (TPSA) is 12.9 Å². The van der Waals surface area contributed by atoms with Crippen LogP contribution in [0, 0.1) is 13.8 Å². The Kier molecular flexibility index (Phi) is 3.80. The van der Waals surface area contributed by atoms with Gasteiger partial charge in [-0.05, 0) is 54.7 Å². The molecule has 0 aliphatic carbocycles. The third-order valence-electron chi connectivity index (χ3n) is 3.05. The maximum Gasteiger partial charge on any atom is 0.0626 e. The molecule has 2 rings (SSSR count). The predicted octanol–water partition coefficient (Wildman–Crippen LogP) is 4.22. The van der Waals surface area contributed by atoms with Gasteiger partial charge in [-0.25, -0.2) is 0 Å². The molecule has 2 aromatic rings. The van der Waals surface area contributed by atoms with Crippen LogP contribution in [0.1, 0.15) is 27.6 Å². The van der Waals surface area contributed by atoms with E-state index in [0.29, 0.717) is 0 Å². The lowest BCUT2D eigenvalue weighted by Gasteiger charge is -2.11. The van der Waals surface area contributed by atoms with Crippen molar-refractivity contribution in [1.82, 2.24) is 4.98 Å². The van der Waals surface area contributed by atoms with Crippen molar-refractivity contribution < 1.29 is 0 Å². The summed E-state index contributed by atoms with van der Waals surface area (Å²) in [5.41, 5.74) is 5.05. The zero-order chi connectivity index (χ0) is 12.3. The van der Waals surface area contributed by atoms with Crippen LogP contribution in [0.2, 0.25) is 0 Å². The van der Waals surface area contributed by atoms with Gasteiger partial charge in [0.15, 0.2) is 0 Å². The van der Waals surface area contributed by atoms with E-state index in [1.54, 1.807) is 12.4 Å². The van der Waals surface area contributed by atoms with Gasteiger partial charge in [0.05, 0.1) is 5.38 Å². The molecule has 0 radical (unpaired) electrons. The van der Waals surface area contributed by atoms with Crippen LogP contribution in [-0.4, -0.2) is 4.98 Å². The predicted molar refractivity (Wildman–Crippen MR) is 72.5 cm³/mol. The van der Waals surface area contributed by atoms with Gasteiger partial charge < -0.3 is 0 Å². The van der Waals surface area contributed by atoms with Crippen LogP contribution in [-0.2, 0) is 6.42 Å². The van der Waals surface area contributed by atoms with Gasteiger partial charge in [-0.2, -0.15) is 0 Å². The Morgan fingerprint density at radius 2 is 1.76 bits per heavy atom. The molecule has 0 saturated carbocycles. The molecule has 17 heavy (non-hydrogen) atoms. The van der Waals surface area contributed by atoms with Crippen molar-refractivity contribution in [2.75, 3.05) is 0 Å². The summed E-state index contributed by atoms with van der Waals surface area (Å²) in [6, 6.07) is 10.5. The fraction of sp³-hybridized carbons (Fsp3) is 0.267. The Hall–Kier alpha value is -1.34. The number of hydrogen-bond donors (Lipinski definition) is 0. The maximum atomic E-state index is 6.41. The molecule has 88 valence electrons. The first kappa shape index (κ1) is 12.1. The Morgan fingerprint density at radius 3 is 2.41 bits per heavy atom. The summed E-state index contributed by atoms with van der Waals surface area (Å²) in [6.07, 6.45) is 4.42. The van der Waals surface area contributed by atoms with E-state index in [9.17, 15) is 0 Å². The second-order valence-corrected chi connectivity index (χ2v) is 4.90. The monoisotopic (exact) mass is 245 g/mol. The molecule has 0 spiro atoms. The molecule has 0 N–H and O–H groups in total. The second-order valence-electron chi connectivity index (χ2n) is 4.37. The molecule has 1 aromatic heterocycles. The molecular weight excluding hydrogens is 230 g/mol. The fourth-order valence-corrected chi connectivity index (χ4v) is 2.15. The quantitative estimate of drug-likeness (QED) is 0.738. The summed E-state index contributed by atoms with van der Waals surface area (Å²) >= 11 is 6.41. The van der Waals surface area contributed by atoms with Crippen molar-refractivity contribution in [3.05, 3.63) is 65.0 Å². The van der Waals surface area contributed by atoms with E-state index in [0.717, 1.165) is 12.0 Å². The number of nitrogens with zero attached hydrogens (tertiary/aromatic N) is 1. The highest BCUT2D eigenvalue weighted by Crippen LogP contribution is 2.25. The number of hydrogen-bond acceptors (Lipinski definition) is 1. The van der Waals surface area contributed by atoms with Crippen LogP contribution in [0.4, 0.5) is 0 Å². The number of aromatic nitrogens is 1. The second kappa shape index (κ2) is 5.33. The van der Waals surface area contributed by atoms with Gasteiger partial charge in [-0.15, -0.1) is 11.6 Å². The molecule has 0 aliphatic heterocycles.